The number of benzene rings is 1. The minimum absolute atomic E-state index is 0.0815. The number of hydrogen-bond donors (Lipinski definition) is 1. The van der Waals surface area contributed by atoms with Gasteiger partial charge in [-0.2, -0.15) is 0 Å². The van der Waals surface area contributed by atoms with E-state index in [4.69, 9.17) is 5.73 Å². The van der Waals surface area contributed by atoms with Gasteiger partial charge in [0.1, 0.15) is 5.82 Å². The summed E-state index contributed by atoms with van der Waals surface area (Å²) in [6.45, 7) is 4.21. The van der Waals surface area contributed by atoms with Gasteiger partial charge in [0, 0.05) is 10.5 Å². The van der Waals surface area contributed by atoms with Gasteiger partial charge in [0.2, 0.25) is 0 Å². The SMILES string of the molecule is CC(C)CC(N)c1cc(F)cc(Br)c1. The molecule has 0 amide bonds. The van der Waals surface area contributed by atoms with Crippen LogP contribution in [-0.2, 0) is 0 Å². The zero-order valence-corrected chi connectivity index (χ0v) is 10.0. The average molecular weight is 260 g/mol. The van der Waals surface area contributed by atoms with Crippen LogP contribution in [0.15, 0.2) is 22.7 Å². The second-order valence-electron chi connectivity index (χ2n) is 3.94. The van der Waals surface area contributed by atoms with Gasteiger partial charge in [0.05, 0.1) is 0 Å². The van der Waals surface area contributed by atoms with Crippen LogP contribution in [0, 0.1) is 11.7 Å². The van der Waals surface area contributed by atoms with Crippen LogP contribution in [0.1, 0.15) is 31.9 Å². The van der Waals surface area contributed by atoms with E-state index < -0.39 is 0 Å². The van der Waals surface area contributed by atoms with Gasteiger partial charge in [-0.3, -0.25) is 0 Å². The minimum atomic E-state index is -0.242. The van der Waals surface area contributed by atoms with Crippen molar-refractivity contribution in [2.75, 3.05) is 0 Å². The van der Waals surface area contributed by atoms with Crippen LogP contribution in [0.25, 0.3) is 0 Å². The van der Waals surface area contributed by atoms with E-state index in [1.807, 2.05) is 6.07 Å². The predicted octanol–water partition coefficient (Wildman–Crippen LogP) is 3.63. The van der Waals surface area contributed by atoms with Gasteiger partial charge in [-0.05, 0) is 36.1 Å². The van der Waals surface area contributed by atoms with E-state index in [9.17, 15) is 4.39 Å². The molecule has 3 heteroatoms. The first-order chi connectivity index (χ1) is 6.49. The molecule has 1 rings (SSSR count). The summed E-state index contributed by atoms with van der Waals surface area (Å²) in [6, 6.07) is 4.72. The summed E-state index contributed by atoms with van der Waals surface area (Å²) in [4.78, 5) is 0. The lowest BCUT2D eigenvalue weighted by Crippen LogP contribution is -2.13. The molecule has 0 saturated heterocycles. The average Bonchev–Trinajstić information content (AvgIpc) is 2.00. The summed E-state index contributed by atoms with van der Waals surface area (Å²) < 4.78 is 13.8. The lowest BCUT2D eigenvalue weighted by Gasteiger charge is -2.14. The maximum Gasteiger partial charge on any atom is 0.124 e. The zero-order chi connectivity index (χ0) is 10.7. The van der Waals surface area contributed by atoms with E-state index in [-0.39, 0.29) is 11.9 Å². The molecule has 0 aromatic heterocycles. The van der Waals surface area contributed by atoms with Crippen molar-refractivity contribution < 1.29 is 4.39 Å². The Morgan fingerprint density at radius 1 is 1.36 bits per heavy atom. The molecule has 14 heavy (non-hydrogen) atoms. The zero-order valence-electron chi connectivity index (χ0n) is 8.43. The van der Waals surface area contributed by atoms with Crippen LogP contribution >= 0.6 is 15.9 Å². The summed E-state index contributed by atoms with van der Waals surface area (Å²) in [5.74, 6) is 0.278. The fourth-order valence-corrected chi connectivity index (χ4v) is 1.92. The van der Waals surface area contributed by atoms with Crippen molar-refractivity contribution in [3.05, 3.63) is 34.1 Å². The molecular formula is C11H15BrFN. The third kappa shape index (κ3) is 3.39. The fourth-order valence-electron chi connectivity index (χ4n) is 1.43. The Labute approximate surface area is 92.6 Å². The maximum atomic E-state index is 13.0. The van der Waals surface area contributed by atoms with E-state index in [0.29, 0.717) is 5.92 Å². The lowest BCUT2D eigenvalue weighted by molar-refractivity contribution is 0.507. The third-order valence-electron chi connectivity index (χ3n) is 2.04. The molecule has 0 aliphatic heterocycles. The Bertz CT molecular complexity index is 292. The summed E-state index contributed by atoms with van der Waals surface area (Å²) >= 11 is 3.25. The second kappa shape index (κ2) is 4.89. The topological polar surface area (TPSA) is 26.0 Å². The van der Waals surface area contributed by atoms with Crippen LogP contribution in [-0.4, -0.2) is 0 Å². The molecule has 1 atom stereocenters. The van der Waals surface area contributed by atoms with Crippen molar-refractivity contribution in [3.8, 4) is 0 Å². The van der Waals surface area contributed by atoms with Crippen molar-refractivity contribution in [1.29, 1.82) is 0 Å². The number of nitrogens with two attached hydrogens (primary N) is 1. The van der Waals surface area contributed by atoms with E-state index in [0.717, 1.165) is 16.5 Å². The van der Waals surface area contributed by atoms with E-state index in [1.165, 1.54) is 12.1 Å². The monoisotopic (exact) mass is 259 g/mol. The van der Waals surface area contributed by atoms with Crippen LogP contribution in [0.4, 0.5) is 4.39 Å². The Morgan fingerprint density at radius 2 is 2.00 bits per heavy atom. The first kappa shape index (κ1) is 11.7. The van der Waals surface area contributed by atoms with Gasteiger partial charge < -0.3 is 5.73 Å². The van der Waals surface area contributed by atoms with Crippen LogP contribution in [0.2, 0.25) is 0 Å². The predicted molar refractivity (Wildman–Crippen MR) is 60.5 cm³/mol. The lowest BCUT2D eigenvalue weighted by atomic mass is 9.98. The summed E-state index contributed by atoms with van der Waals surface area (Å²) in [7, 11) is 0. The normalized spacial score (nSPS) is 13.3. The van der Waals surface area contributed by atoms with Crippen molar-refractivity contribution in [1.82, 2.24) is 0 Å². The molecule has 1 nitrogen and oxygen atoms in total. The molecule has 0 aliphatic rings. The van der Waals surface area contributed by atoms with Crippen molar-refractivity contribution >= 4 is 15.9 Å². The van der Waals surface area contributed by atoms with Crippen LogP contribution in [0.5, 0.6) is 0 Å². The molecule has 2 N–H and O–H groups in total. The molecule has 1 aromatic rings. The number of halogens is 2. The highest BCUT2D eigenvalue weighted by atomic mass is 79.9. The van der Waals surface area contributed by atoms with Crippen molar-refractivity contribution in [3.63, 3.8) is 0 Å². The molecule has 0 aliphatic carbocycles. The molecular weight excluding hydrogens is 245 g/mol. The summed E-state index contributed by atoms with van der Waals surface area (Å²) in [6.07, 6.45) is 0.871. The third-order valence-corrected chi connectivity index (χ3v) is 2.50. The molecule has 0 heterocycles. The van der Waals surface area contributed by atoms with Gasteiger partial charge in [-0.25, -0.2) is 4.39 Å². The van der Waals surface area contributed by atoms with Crippen molar-refractivity contribution in [2.24, 2.45) is 11.7 Å². The largest absolute Gasteiger partial charge is 0.324 e. The molecule has 78 valence electrons. The minimum Gasteiger partial charge on any atom is -0.324 e. The molecule has 0 spiro atoms. The van der Waals surface area contributed by atoms with Gasteiger partial charge >= 0.3 is 0 Å². The van der Waals surface area contributed by atoms with Crippen molar-refractivity contribution in [2.45, 2.75) is 26.3 Å². The van der Waals surface area contributed by atoms with Gasteiger partial charge in [0.25, 0.3) is 0 Å². The van der Waals surface area contributed by atoms with Gasteiger partial charge in [-0.15, -0.1) is 0 Å². The first-order valence-corrected chi connectivity index (χ1v) is 5.50. The molecule has 1 unspecified atom stereocenters. The molecule has 0 saturated carbocycles. The summed E-state index contributed by atoms with van der Waals surface area (Å²) in [5, 5.41) is 0. The Balaban J connectivity index is 2.84. The summed E-state index contributed by atoms with van der Waals surface area (Å²) in [5.41, 5.74) is 6.80. The Morgan fingerprint density at radius 3 is 2.50 bits per heavy atom. The first-order valence-electron chi connectivity index (χ1n) is 4.70. The highest BCUT2D eigenvalue weighted by Crippen LogP contribution is 2.23. The molecule has 1 aromatic carbocycles. The van der Waals surface area contributed by atoms with Crippen LogP contribution < -0.4 is 5.73 Å². The van der Waals surface area contributed by atoms with E-state index >= 15 is 0 Å². The maximum absolute atomic E-state index is 13.0. The quantitative estimate of drug-likeness (QED) is 0.882. The van der Waals surface area contributed by atoms with Gasteiger partial charge in [-0.1, -0.05) is 29.8 Å². The highest BCUT2D eigenvalue weighted by Gasteiger charge is 2.09. The number of rotatable bonds is 3. The molecule has 0 radical (unpaired) electrons. The molecule has 0 fully saturated rings. The second-order valence-corrected chi connectivity index (χ2v) is 4.85. The van der Waals surface area contributed by atoms with Crippen LogP contribution in [0.3, 0.4) is 0 Å². The van der Waals surface area contributed by atoms with E-state index in [2.05, 4.69) is 29.8 Å². The molecule has 0 bridgehead atoms. The smallest absolute Gasteiger partial charge is 0.124 e. The fraction of sp³-hybridized carbons (Fsp3) is 0.455. The standard InChI is InChI=1S/C11H15BrFN/c1-7(2)3-11(14)8-4-9(12)6-10(13)5-8/h4-7,11H,3,14H2,1-2H3. The number of hydrogen-bond acceptors (Lipinski definition) is 1. The highest BCUT2D eigenvalue weighted by molar-refractivity contribution is 9.10. The van der Waals surface area contributed by atoms with Gasteiger partial charge in [0.15, 0.2) is 0 Å². The van der Waals surface area contributed by atoms with E-state index in [1.54, 1.807) is 0 Å². The Hall–Kier alpha value is -0.410. The Kier molecular flexibility index (Phi) is 4.08.